The van der Waals surface area contributed by atoms with Gasteiger partial charge in [0.05, 0.1) is 11.5 Å². The molecule has 1 aromatic rings. The van der Waals surface area contributed by atoms with Crippen molar-refractivity contribution in [3.63, 3.8) is 0 Å². The minimum absolute atomic E-state index is 0.0961. The van der Waals surface area contributed by atoms with Crippen LogP contribution in [-0.4, -0.2) is 39.8 Å². The van der Waals surface area contributed by atoms with E-state index in [2.05, 4.69) is 5.10 Å². The van der Waals surface area contributed by atoms with Crippen LogP contribution >= 0.6 is 0 Å². The van der Waals surface area contributed by atoms with Crippen molar-refractivity contribution in [3.8, 4) is 0 Å². The van der Waals surface area contributed by atoms with E-state index >= 15 is 0 Å². The van der Waals surface area contributed by atoms with Crippen LogP contribution in [0.5, 0.6) is 0 Å². The molecule has 9 heteroatoms. The van der Waals surface area contributed by atoms with Gasteiger partial charge in [-0.3, -0.25) is 10.1 Å². The number of nitrogens with two attached hydrogens (primary N) is 1. The lowest BCUT2D eigenvalue weighted by Gasteiger charge is -2.24. The second kappa shape index (κ2) is 4.72. The zero-order valence-electron chi connectivity index (χ0n) is 10.4. The molecule has 1 aliphatic rings. The van der Waals surface area contributed by atoms with Gasteiger partial charge in [0.1, 0.15) is 6.20 Å². The highest BCUT2D eigenvalue weighted by molar-refractivity contribution is 5.57. The molecule has 1 saturated heterocycles. The van der Waals surface area contributed by atoms with Crippen LogP contribution < -0.4 is 10.6 Å². The number of aromatic nitrogens is 2. The van der Waals surface area contributed by atoms with Crippen LogP contribution in [0.3, 0.4) is 0 Å². The second-order valence-electron chi connectivity index (χ2n) is 4.76. The predicted molar refractivity (Wildman–Crippen MR) is 64.2 cm³/mol. The Kier molecular flexibility index (Phi) is 3.40. The van der Waals surface area contributed by atoms with E-state index < -0.39 is 29.9 Å². The van der Waals surface area contributed by atoms with Gasteiger partial charge < -0.3 is 10.6 Å². The van der Waals surface area contributed by atoms with Crippen LogP contribution in [0.1, 0.15) is 12.8 Å². The number of aryl methyl sites for hydroxylation is 1. The van der Waals surface area contributed by atoms with Gasteiger partial charge >= 0.3 is 5.69 Å². The van der Waals surface area contributed by atoms with Crippen LogP contribution in [0.25, 0.3) is 0 Å². The van der Waals surface area contributed by atoms with Crippen LogP contribution in [-0.2, 0) is 7.05 Å². The van der Waals surface area contributed by atoms with Crippen molar-refractivity contribution in [3.05, 3.63) is 16.3 Å². The fraction of sp³-hybridized carbons (Fsp3) is 0.700. The molecule has 19 heavy (non-hydrogen) atoms. The lowest BCUT2D eigenvalue weighted by Crippen LogP contribution is -2.37. The van der Waals surface area contributed by atoms with Crippen molar-refractivity contribution in [1.29, 1.82) is 0 Å². The maximum atomic E-state index is 13.7. The molecule has 0 spiro atoms. The molecule has 2 heterocycles. The molecule has 0 amide bonds. The molecule has 0 radical (unpaired) electrons. The Labute approximate surface area is 108 Å². The predicted octanol–water partition coefficient (Wildman–Crippen LogP) is 0.891. The Hall–Kier alpha value is -1.77. The standard InChI is InChI=1S/C10H15F2N5O2/c1-15-9(8(5-14-15)17(18)19)16-3-2-7(13)4-10(11,12)6-16/h5,7H,2-4,6,13H2,1H3. The van der Waals surface area contributed by atoms with Gasteiger partial charge in [0.15, 0.2) is 0 Å². The topological polar surface area (TPSA) is 90.2 Å². The van der Waals surface area contributed by atoms with Crippen molar-refractivity contribution in [2.45, 2.75) is 24.8 Å². The van der Waals surface area contributed by atoms with Crippen molar-refractivity contribution in [2.75, 3.05) is 18.0 Å². The van der Waals surface area contributed by atoms with E-state index in [1.165, 1.54) is 16.6 Å². The molecule has 2 rings (SSSR count). The Bertz CT molecular complexity index is 490. The molecular formula is C10H15F2N5O2. The third kappa shape index (κ3) is 2.80. The van der Waals surface area contributed by atoms with E-state index in [4.69, 9.17) is 5.73 Å². The summed E-state index contributed by atoms with van der Waals surface area (Å²) in [4.78, 5) is 11.6. The van der Waals surface area contributed by atoms with Gasteiger partial charge in [-0.05, 0) is 6.42 Å². The monoisotopic (exact) mass is 275 g/mol. The number of nitrogens with zero attached hydrogens (tertiary/aromatic N) is 4. The highest BCUT2D eigenvalue weighted by atomic mass is 19.3. The summed E-state index contributed by atoms with van der Waals surface area (Å²) in [5.74, 6) is -2.87. The van der Waals surface area contributed by atoms with Crippen molar-refractivity contribution in [1.82, 2.24) is 9.78 Å². The SMILES string of the molecule is Cn1ncc([N+](=O)[O-])c1N1CCC(N)CC(F)(F)C1. The smallest absolute Gasteiger partial charge is 0.331 e. The fourth-order valence-electron chi connectivity index (χ4n) is 2.33. The Morgan fingerprint density at radius 2 is 2.32 bits per heavy atom. The van der Waals surface area contributed by atoms with E-state index in [1.807, 2.05) is 0 Å². The Morgan fingerprint density at radius 3 is 2.95 bits per heavy atom. The average molecular weight is 275 g/mol. The van der Waals surface area contributed by atoms with Crippen LogP contribution in [0.4, 0.5) is 20.3 Å². The largest absolute Gasteiger partial charge is 0.345 e. The van der Waals surface area contributed by atoms with Crippen LogP contribution in [0.15, 0.2) is 6.20 Å². The summed E-state index contributed by atoms with van der Waals surface area (Å²) < 4.78 is 28.6. The van der Waals surface area contributed by atoms with Gasteiger partial charge in [0.2, 0.25) is 5.82 Å². The summed E-state index contributed by atoms with van der Waals surface area (Å²) in [6.45, 7) is -0.335. The van der Waals surface area contributed by atoms with Crippen LogP contribution in [0, 0.1) is 10.1 Å². The molecule has 106 valence electrons. The zero-order valence-corrected chi connectivity index (χ0v) is 10.4. The summed E-state index contributed by atoms with van der Waals surface area (Å²) in [6, 6.07) is -0.604. The van der Waals surface area contributed by atoms with E-state index in [0.29, 0.717) is 6.42 Å². The highest BCUT2D eigenvalue weighted by Gasteiger charge is 2.39. The molecule has 7 nitrogen and oxygen atoms in total. The lowest BCUT2D eigenvalue weighted by molar-refractivity contribution is -0.384. The first-order valence-corrected chi connectivity index (χ1v) is 5.85. The summed E-state index contributed by atoms with van der Waals surface area (Å²) >= 11 is 0. The first kappa shape index (κ1) is 13.7. The molecule has 0 bridgehead atoms. The molecule has 0 aromatic carbocycles. The fourth-order valence-corrected chi connectivity index (χ4v) is 2.33. The minimum atomic E-state index is -2.96. The minimum Gasteiger partial charge on any atom is -0.345 e. The number of anilines is 1. The number of hydrogen-bond acceptors (Lipinski definition) is 5. The average Bonchev–Trinajstić information content (AvgIpc) is 2.59. The van der Waals surface area contributed by atoms with Crippen LogP contribution in [0.2, 0.25) is 0 Å². The molecule has 1 aromatic heterocycles. The Morgan fingerprint density at radius 1 is 1.63 bits per heavy atom. The number of alkyl halides is 2. The van der Waals surface area contributed by atoms with Gasteiger partial charge in [-0.15, -0.1) is 0 Å². The molecule has 1 fully saturated rings. The zero-order chi connectivity index (χ0) is 14.2. The number of hydrogen-bond donors (Lipinski definition) is 1. The summed E-state index contributed by atoms with van der Waals surface area (Å²) in [6.07, 6.45) is 1.02. The molecule has 1 unspecified atom stereocenters. The molecule has 0 saturated carbocycles. The number of rotatable bonds is 2. The summed E-state index contributed by atoms with van der Waals surface area (Å²) in [7, 11) is 1.49. The second-order valence-corrected chi connectivity index (χ2v) is 4.76. The van der Waals surface area contributed by atoms with Gasteiger partial charge in [0, 0.05) is 26.1 Å². The molecule has 0 aliphatic carbocycles. The number of halogens is 2. The third-order valence-corrected chi connectivity index (χ3v) is 3.14. The first-order valence-electron chi connectivity index (χ1n) is 5.85. The third-order valence-electron chi connectivity index (χ3n) is 3.14. The molecule has 1 atom stereocenters. The number of nitro groups is 1. The molecule has 2 N–H and O–H groups in total. The maximum Gasteiger partial charge on any atom is 0.331 e. The van der Waals surface area contributed by atoms with Crippen molar-refractivity contribution < 1.29 is 13.7 Å². The summed E-state index contributed by atoms with van der Waals surface area (Å²) in [5.41, 5.74) is 5.33. The highest BCUT2D eigenvalue weighted by Crippen LogP contribution is 2.33. The van der Waals surface area contributed by atoms with E-state index in [9.17, 15) is 18.9 Å². The van der Waals surface area contributed by atoms with Gasteiger partial charge in [0.25, 0.3) is 5.92 Å². The molecular weight excluding hydrogens is 260 g/mol. The van der Waals surface area contributed by atoms with Crippen molar-refractivity contribution in [2.24, 2.45) is 12.8 Å². The first-order chi connectivity index (χ1) is 8.80. The van der Waals surface area contributed by atoms with Gasteiger partial charge in [-0.1, -0.05) is 0 Å². The maximum absolute atomic E-state index is 13.7. The quantitative estimate of drug-likeness (QED) is 0.639. The Balaban J connectivity index is 2.35. The van der Waals surface area contributed by atoms with E-state index in [-0.39, 0.29) is 18.1 Å². The van der Waals surface area contributed by atoms with Crippen molar-refractivity contribution >= 4 is 11.5 Å². The van der Waals surface area contributed by atoms with Gasteiger partial charge in [-0.2, -0.15) is 5.10 Å². The summed E-state index contributed by atoms with van der Waals surface area (Å²) in [5, 5.41) is 14.7. The van der Waals surface area contributed by atoms with Gasteiger partial charge in [-0.25, -0.2) is 13.5 Å². The lowest BCUT2D eigenvalue weighted by atomic mass is 10.1. The molecule has 1 aliphatic heterocycles. The van der Waals surface area contributed by atoms with E-state index in [0.717, 1.165) is 6.20 Å². The normalized spacial score (nSPS) is 23.2. The van der Waals surface area contributed by atoms with E-state index in [1.54, 1.807) is 0 Å².